The molecule has 0 bridgehead atoms. The van der Waals surface area contributed by atoms with Crippen LogP contribution in [0, 0.1) is 6.92 Å². The molecule has 1 N–H and O–H groups in total. The lowest BCUT2D eigenvalue weighted by Gasteiger charge is -2.41. The summed E-state index contributed by atoms with van der Waals surface area (Å²) in [5, 5.41) is 5.11. The Balaban J connectivity index is 1.42. The SMILES string of the molecule is Cc1ccc([C@@H](C)Nc2cc(N3CCN(C4CCCCC4)CC3)ccc2Cl)c(Cl)c1. The molecule has 2 fully saturated rings. The molecule has 4 rings (SSSR count). The van der Waals surface area contributed by atoms with E-state index in [1.165, 1.54) is 43.4 Å². The minimum atomic E-state index is 0.0778. The van der Waals surface area contributed by atoms with E-state index in [1.54, 1.807) is 0 Å². The summed E-state index contributed by atoms with van der Waals surface area (Å²) < 4.78 is 0. The zero-order valence-electron chi connectivity index (χ0n) is 18.1. The van der Waals surface area contributed by atoms with Crippen LogP contribution < -0.4 is 10.2 Å². The van der Waals surface area contributed by atoms with Gasteiger partial charge >= 0.3 is 0 Å². The molecule has 2 aromatic rings. The maximum atomic E-state index is 6.53. The average molecular weight is 446 g/mol. The monoisotopic (exact) mass is 445 g/mol. The van der Waals surface area contributed by atoms with Crippen molar-refractivity contribution in [2.24, 2.45) is 0 Å². The van der Waals surface area contributed by atoms with E-state index >= 15 is 0 Å². The zero-order valence-corrected chi connectivity index (χ0v) is 19.6. The Labute approximate surface area is 191 Å². The van der Waals surface area contributed by atoms with Gasteiger partial charge in [-0.25, -0.2) is 0 Å². The van der Waals surface area contributed by atoms with Crippen molar-refractivity contribution < 1.29 is 0 Å². The van der Waals surface area contributed by atoms with Gasteiger partial charge in [-0.15, -0.1) is 0 Å². The largest absolute Gasteiger partial charge is 0.377 e. The first-order valence-electron chi connectivity index (χ1n) is 11.3. The highest BCUT2D eigenvalue weighted by Crippen LogP contribution is 2.33. The molecular weight excluding hydrogens is 413 g/mol. The van der Waals surface area contributed by atoms with E-state index < -0.39 is 0 Å². The van der Waals surface area contributed by atoms with E-state index in [2.05, 4.69) is 53.2 Å². The molecule has 2 aliphatic rings. The minimum Gasteiger partial charge on any atom is -0.377 e. The van der Waals surface area contributed by atoms with Crippen molar-refractivity contribution >= 4 is 34.6 Å². The molecule has 30 heavy (non-hydrogen) atoms. The van der Waals surface area contributed by atoms with Gasteiger partial charge in [-0.3, -0.25) is 4.90 Å². The van der Waals surface area contributed by atoms with Crippen LogP contribution >= 0.6 is 23.2 Å². The number of halogens is 2. The van der Waals surface area contributed by atoms with Crippen molar-refractivity contribution in [1.29, 1.82) is 0 Å². The van der Waals surface area contributed by atoms with Gasteiger partial charge in [0.2, 0.25) is 0 Å². The third-order valence-corrected chi connectivity index (χ3v) is 7.37. The van der Waals surface area contributed by atoms with E-state index in [9.17, 15) is 0 Å². The van der Waals surface area contributed by atoms with Crippen LogP contribution in [0.1, 0.15) is 56.2 Å². The van der Waals surface area contributed by atoms with E-state index in [1.807, 2.05) is 12.1 Å². The molecule has 1 aliphatic carbocycles. The smallest absolute Gasteiger partial charge is 0.0639 e. The maximum Gasteiger partial charge on any atom is 0.0639 e. The predicted octanol–water partition coefficient (Wildman–Crippen LogP) is 6.93. The first-order valence-corrected chi connectivity index (χ1v) is 12.1. The third-order valence-electron chi connectivity index (χ3n) is 6.71. The summed E-state index contributed by atoms with van der Waals surface area (Å²) in [6.45, 7) is 8.66. The maximum absolute atomic E-state index is 6.53. The summed E-state index contributed by atoms with van der Waals surface area (Å²) in [7, 11) is 0. The highest BCUT2D eigenvalue weighted by atomic mass is 35.5. The standard InChI is InChI=1S/C25H33Cl2N3/c1-18-8-10-22(24(27)16-18)19(2)28-25-17-21(9-11-23(25)26)30-14-12-29(13-15-30)20-6-4-3-5-7-20/h8-11,16-17,19-20,28H,3-7,12-15H2,1-2H3/t19-/m1/s1. The Morgan fingerprint density at radius 1 is 0.900 bits per heavy atom. The van der Waals surface area contributed by atoms with Crippen molar-refractivity contribution in [2.45, 2.75) is 58.0 Å². The topological polar surface area (TPSA) is 18.5 Å². The Hall–Kier alpha value is -1.42. The van der Waals surface area contributed by atoms with Crippen LogP contribution in [-0.4, -0.2) is 37.1 Å². The van der Waals surface area contributed by atoms with Crippen LogP contribution in [0.3, 0.4) is 0 Å². The van der Waals surface area contributed by atoms with Gasteiger partial charge in [0.1, 0.15) is 0 Å². The molecule has 1 aliphatic heterocycles. The first kappa shape index (κ1) is 21.8. The van der Waals surface area contributed by atoms with E-state index in [4.69, 9.17) is 23.2 Å². The second-order valence-electron chi connectivity index (χ2n) is 8.87. The van der Waals surface area contributed by atoms with Gasteiger partial charge in [0.25, 0.3) is 0 Å². The molecule has 1 atom stereocenters. The molecule has 162 valence electrons. The summed E-state index contributed by atoms with van der Waals surface area (Å²) >= 11 is 13.0. The molecule has 0 radical (unpaired) electrons. The molecule has 0 aromatic heterocycles. The number of aryl methyl sites for hydroxylation is 1. The van der Waals surface area contributed by atoms with Crippen molar-refractivity contribution in [2.75, 3.05) is 36.4 Å². The normalized spacial score (nSPS) is 19.7. The lowest BCUT2D eigenvalue weighted by atomic mass is 9.94. The quantitative estimate of drug-likeness (QED) is 0.537. The molecule has 0 spiro atoms. The highest BCUT2D eigenvalue weighted by molar-refractivity contribution is 6.33. The van der Waals surface area contributed by atoms with Gasteiger partial charge in [0.05, 0.1) is 16.8 Å². The summed E-state index contributed by atoms with van der Waals surface area (Å²) in [6.07, 6.45) is 6.99. The van der Waals surface area contributed by atoms with Gasteiger partial charge in [-0.1, -0.05) is 54.6 Å². The Morgan fingerprint density at radius 3 is 2.33 bits per heavy atom. The number of anilines is 2. The molecule has 1 saturated carbocycles. The molecular formula is C25H33Cl2N3. The van der Waals surface area contributed by atoms with Crippen molar-refractivity contribution in [3.05, 3.63) is 57.6 Å². The second kappa shape index (κ2) is 9.80. The third kappa shape index (κ3) is 5.07. The molecule has 0 unspecified atom stereocenters. The summed E-state index contributed by atoms with van der Waals surface area (Å²) in [5.74, 6) is 0. The highest BCUT2D eigenvalue weighted by Gasteiger charge is 2.25. The molecule has 1 heterocycles. The van der Waals surface area contributed by atoms with E-state index in [0.717, 1.165) is 53.5 Å². The first-order chi connectivity index (χ1) is 14.5. The fourth-order valence-electron chi connectivity index (χ4n) is 4.91. The van der Waals surface area contributed by atoms with Crippen LogP contribution in [-0.2, 0) is 0 Å². The predicted molar refractivity (Wildman–Crippen MR) is 130 cm³/mol. The van der Waals surface area contributed by atoms with E-state index in [-0.39, 0.29) is 6.04 Å². The summed E-state index contributed by atoms with van der Waals surface area (Å²) in [5.41, 5.74) is 4.47. The number of nitrogens with zero attached hydrogens (tertiary/aromatic N) is 2. The van der Waals surface area contributed by atoms with Crippen molar-refractivity contribution in [1.82, 2.24) is 4.90 Å². The van der Waals surface area contributed by atoms with Gasteiger partial charge in [0, 0.05) is 42.9 Å². The average Bonchev–Trinajstić information content (AvgIpc) is 2.76. The van der Waals surface area contributed by atoms with Gasteiger partial charge < -0.3 is 10.2 Å². The second-order valence-corrected chi connectivity index (χ2v) is 9.68. The molecule has 3 nitrogen and oxygen atoms in total. The lowest BCUT2D eigenvalue weighted by Crippen LogP contribution is -2.50. The fourth-order valence-corrected chi connectivity index (χ4v) is 5.48. The number of hydrogen-bond acceptors (Lipinski definition) is 3. The van der Waals surface area contributed by atoms with Crippen LogP contribution in [0.15, 0.2) is 36.4 Å². The van der Waals surface area contributed by atoms with Gasteiger partial charge in [-0.2, -0.15) is 0 Å². The fraction of sp³-hybridized carbons (Fsp3) is 0.520. The van der Waals surface area contributed by atoms with Crippen molar-refractivity contribution in [3.8, 4) is 0 Å². The number of hydrogen-bond donors (Lipinski definition) is 1. The molecule has 1 saturated heterocycles. The van der Waals surface area contributed by atoms with Crippen LogP contribution in [0.2, 0.25) is 10.0 Å². The number of piperazine rings is 1. The Bertz CT molecular complexity index is 855. The van der Waals surface area contributed by atoms with Crippen molar-refractivity contribution in [3.63, 3.8) is 0 Å². The summed E-state index contributed by atoms with van der Waals surface area (Å²) in [4.78, 5) is 5.20. The zero-order chi connectivity index (χ0) is 21.1. The van der Waals surface area contributed by atoms with E-state index in [0.29, 0.717) is 0 Å². The van der Waals surface area contributed by atoms with Gasteiger partial charge in [-0.05, 0) is 62.1 Å². The Kier molecular flexibility index (Phi) is 7.12. The van der Waals surface area contributed by atoms with Crippen LogP contribution in [0.4, 0.5) is 11.4 Å². The molecule has 2 aromatic carbocycles. The van der Waals surface area contributed by atoms with Crippen LogP contribution in [0.5, 0.6) is 0 Å². The van der Waals surface area contributed by atoms with Gasteiger partial charge in [0.15, 0.2) is 0 Å². The lowest BCUT2D eigenvalue weighted by molar-refractivity contribution is 0.148. The molecule has 5 heteroatoms. The number of benzene rings is 2. The minimum absolute atomic E-state index is 0.0778. The number of nitrogens with one attached hydrogen (secondary N) is 1. The Morgan fingerprint density at radius 2 is 1.63 bits per heavy atom. The van der Waals surface area contributed by atoms with Crippen LogP contribution in [0.25, 0.3) is 0 Å². The summed E-state index contributed by atoms with van der Waals surface area (Å²) in [6, 6.07) is 13.4. The number of rotatable bonds is 5. The molecule has 0 amide bonds.